The molecular weight excluding hydrogens is 472 g/mol. The van der Waals surface area contributed by atoms with Gasteiger partial charge < -0.3 is 15.5 Å². The molecule has 0 aromatic carbocycles. The summed E-state index contributed by atoms with van der Waals surface area (Å²) in [5.74, 6) is 1.85. The molecule has 0 radical (unpaired) electrons. The van der Waals surface area contributed by atoms with Crippen molar-refractivity contribution in [1.29, 1.82) is 0 Å². The van der Waals surface area contributed by atoms with Gasteiger partial charge in [0.2, 0.25) is 11.8 Å². The Morgan fingerprint density at radius 1 is 1.11 bits per heavy atom. The van der Waals surface area contributed by atoms with E-state index in [9.17, 15) is 9.59 Å². The first-order valence-electron chi connectivity index (χ1n) is 13.2. The van der Waals surface area contributed by atoms with E-state index in [-0.39, 0.29) is 23.1 Å². The Labute approximate surface area is 218 Å². The van der Waals surface area contributed by atoms with Gasteiger partial charge in [-0.05, 0) is 44.9 Å². The number of anilines is 2. The SMILES string of the molecule is Cc1cc(Nc2ncc(C)s2)nc(C2CCN(C(=O)C3(NC(=O)CC(C)(C)C)CCCCC3)CC2)n1. The Balaban J connectivity index is 1.42. The highest BCUT2D eigenvalue weighted by atomic mass is 32.1. The average Bonchev–Trinajstić information content (AvgIpc) is 3.22. The van der Waals surface area contributed by atoms with Crippen LogP contribution in [0.4, 0.5) is 10.9 Å². The van der Waals surface area contributed by atoms with Crippen molar-refractivity contribution >= 4 is 34.1 Å². The molecule has 2 aliphatic rings. The van der Waals surface area contributed by atoms with Gasteiger partial charge in [-0.25, -0.2) is 15.0 Å². The number of carbonyl (C=O) groups excluding carboxylic acids is 2. The molecule has 2 aromatic heterocycles. The van der Waals surface area contributed by atoms with Gasteiger partial charge in [-0.15, -0.1) is 11.3 Å². The van der Waals surface area contributed by atoms with Gasteiger partial charge in [-0.2, -0.15) is 0 Å². The molecule has 1 aliphatic heterocycles. The minimum absolute atomic E-state index is 0.0174. The first-order chi connectivity index (χ1) is 17.0. The molecule has 2 N–H and O–H groups in total. The molecule has 0 spiro atoms. The number of thiazole rings is 1. The third-order valence-corrected chi connectivity index (χ3v) is 7.89. The highest BCUT2D eigenvalue weighted by molar-refractivity contribution is 7.15. The molecule has 0 bridgehead atoms. The topological polar surface area (TPSA) is 100 Å². The van der Waals surface area contributed by atoms with Crippen LogP contribution in [0.15, 0.2) is 12.3 Å². The zero-order valence-electron chi connectivity index (χ0n) is 22.3. The lowest BCUT2D eigenvalue weighted by molar-refractivity contribution is -0.145. The quantitative estimate of drug-likeness (QED) is 0.548. The van der Waals surface area contributed by atoms with Gasteiger partial charge in [-0.1, -0.05) is 40.0 Å². The molecule has 3 heterocycles. The van der Waals surface area contributed by atoms with Crippen molar-refractivity contribution in [3.05, 3.63) is 28.7 Å². The van der Waals surface area contributed by atoms with E-state index in [1.165, 1.54) is 0 Å². The number of likely N-dealkylation sites (tertiary alicyclic amines) is 1. The van der Waals surface area contributed by atoms with Crippen LogP contribution in [-0.2, 0) is 9.59 Å². The predicted molar refractivity (Wildman–Crippen MR) is 143 cm³/mol. The summed E-state index contributed by atoms with van der Waals surface area (Å²) < 4.78 is 0. The number of amides is 2. The fourth-order valence-corrected chi connectivity index (χ4v) is 6.02. The Morgan fingerprint density at radius 2 is 1.81 bits per heavy atom. The maximum absolute atomic E-state index is 13.8. The molecule has 9 heteroatoms. The maximum atomic E-state index is 13.8. The number of piperidine rings is 1. The summed E-state index contributed by atoms with van der Waals surface area (Å²) in [7, 11) is 0. The molecule has 2 fully saturated rings. The average molecular weight is 513 g/mol. The Bertz CT molecular complexity index is 1080. The minimum atomic E-state index is -0.754. The summed E-state index contributed by atoms with van der Waals surface area (Å²) >= 11 is 1.60. The second-order valence-electron chi connectivity index (χ2n) is 11.6. The molecule has 1 saturated carbocycles. The molecule has 4 rings (SSSR count). The van der Waals surface area contributed by atoms with Crippen molar-refractivity contribution in [3.63, 3.8) is 0 Å². The van der Waals surface area contributed by atoms with Gasteiger partial charge in [0.25, 0.3) is 0 Å². The summed E-state index contributed by atoms with van der Waals surface area (Å²) in [4.78, 5) is 43.6. The number of rotatable bonds is 6. The lowest BCUT2D eigenvalue weighted by Crippen LogP contribution is -2.61. The Kier molecular flexibility index (Phi) is 7.97. The van der Waals surface area contributed by atoms with Crippen LogP contribution in [0.5, 0.6) is 0 Å². The summed E-state index contributed by atoms with van der Waals surface area (Å²) in [5, 5.41) is 7.33. The standard InChI is InChI=1S/C27H40N6O2S/c1-18-15-21(31-25-28-17-19(2)36-25)30-23(29-18)20-9-13-33(14-10-20)24(35)27(11-7-6-8-12-27)32-22(34)16-26(3,4)5/h15,17,20H,6-14,16H2,1-5H3,(H,32,34)(H,28,29,30,31). The number of carbonyl (C=O) groups is 2. The van der Waals surface area contributed by atoms with Crippen molar-refractivity contribution in [3.8, 4) is 0 Å². The monoisotopic (exact) mass is 512 g/mol. The smallest absolute Gasteiger partial charge is 0.248 e. The molecule has 2 amide bonds. The van der Waals surface area contributed by atoms with Crippen molar-refractivity contribution in [2.45, 2.75) is 97.4 Å². The van der Waals surface area contributed by atoms with Crippen LogP contribution < -0.4 is 10.6 Å². The molecule has 8 nitrogen and oxygen atoms in total. The first kappa shape index (κ1) is 26.5. The van der Waals surface area contributed by atoms with Crippen molar-refractivity contribution < 1.29 is 9.59 Å². The highest BCUT2D eigenvalue weighted by Crippen LogP contribution is 2.34. The number of nitrogens with one attached hydrogen (secondary N) is 2. The van der Waals surface area contributed by atoms with Gasteiger partial charge in [0.15, 0.2) is 5.13 Å². The summed E-state index contributed by atoms with van der Waals surface area (Å²) in [6, 6.07) is 1.94. The molecule has 2 aromatic rings. The van der Waals surface area contributed by atoms with Crippen LogP contribution in [0.1, 0.15) is 94.5 Å². The third kappa shape index (κ3) is 6.60. The normalized spacial score (nSPS) is 18.6. The largest absolute Gasteiger partial charge is 0.342 e. The minimum Gasteiger partial charge on any atom is -0.342 e. The van der Waals surface area contributed by atoms with E-state index in [4.69, 9.17) is 9.97 Å². The van der Waals surface area contributed by atoms with Crippen LogP contribution in [0.25, 0.3) is 0 Å². The molecule has 196 valence electrons. The lowest BCUT2D eigenvalue weighted by Gasteiger charge is -2.42. The molecule has 0 unspecified atom stereocenters. The number of hydrogen-bond donors (Lipinski definition) is 2. The van der Waals surface area contributed by atoms with Crippen LogP contribution in [-0.4, -0.2) is 50.3 Å². The predicted octanol–water partition coefficient (Wildman–Crippen LogP) is 5.25. The number of aryl methyl sites for hydroxylation is 2. The number of hydrogen-bond acceptors (Lipinski definition) is 7. The van der Waals surface area contributed by atoms with Crippen molar-refractivity contribution in [1.82, 2.24) is 25.2 Å². The zero-order valence-corrected chi connectivity index (χ0v) is 23.1. The number of nitrogens with zero attached hydrogens (tertiary/aromatic N) is 4. The van der Waals surface area contributed by atoms with E-state index in [2.05, 4.69) is 36.4 Å². The summed E-state index contributed by atoms with van der Waals surface area (Å²) in [6.07, 6.45) is 8.43. The fraction of sp³-hybridized carbons (Fsp3) is 0.667. The van der Waals surface area contributed by atoms with Gasteiger partial charge in [0.05, 0.1) is 0 Å². The molecule has 1 aliphatic carbocycles. The van der Waals surface area contributed by atoms with E-state index in [0.717, 1.165) is 72.3 Å². The Hall–Kier alpha value is -2.55. The van der Waals surface area contributed by atoms with E-state index in [1.807, 2.05) is 31.0 Å². The second kappa shape index (κ2) is 10.8. The summed E-state index contributed by atoms with van der Waals surface area (Å²) in [5.41, 5.74) is 0.0502. The van der Waals surface area contributed by atoms with Gasteiger partial charge in [0, 0.05) is 48.3 Å². The second-order valence-corrected chi connectivity index (χ2v) is 12.9. The van der Waals surface area contributed by atoms with Gasteiger partial charge >= 0.3 is 0 Å². The molecular formula is C27H40N6O2S. The van der Waals surface area contributed by atoms with Crippen LogP contribution in [0.3, 0.4) is 0 Å². The fourth-order valence-electron chi connectivity index (χ4n) is 5.34. The lowest BCUT2D eigenvalue weighted by atomic mass is 9.79. The van der Waals surface area contributed by atoms with Crippen LogP contribution >= 0.6 is 11.3 Å². The zero-order chi connectivity index (χ0) is 25.9. The van der Waals surface area contributed by atoms with Crippen molar-refractivity contribution in [2.75, 3.05) is 18.4 Å². The molecule has 0 atom stereocenters. The maximum Gasteiger partial charge on any atom is 0.248 e. The summed E-state index contributed by atoms with van der Waals surface area (Å²) in [6.45, 7) is 11.5. The first-order valence-corrected chi connectivity index (χ1v) is 14.0. The van der Waals surface area contributed by atoms with E-state index < -0.39 is 5.54 Å². The van der Waals surface area contributed by atoms with Crippen molar-refractivity contribution in [2.24, 2.45) is 5.41 Å². The molecule has 1 saturated heterocycles. The molecule has 36 heavy (non-hydrogen) atoms. The highest BCUT2D eigenvalue weighted by Gasteiger charge is 2.44. The number of aromatic nitrogens is 3. The Morgan fingerprint density at radius 3 is 2.42 bits per heavy atom. The third-order valence-electron chi connectivity index (χ3n) is 7.06. The van der Waals surface area contributed by atoms with E-state index >= 15 is 0 Å². The van der Waals surface area contributed by atoms with Crippen LogP contribution in [0.2, 0.25) is 0 Å². The van der Waals surface area contributed by atoms with Crippen LogP contribution in [0, 0.1) is 19.3 Å². The van der Waals surface area contributed by atoms with Gasteiger partial charge in [0.1, 0.15) is 17.2 Å². The van der Waals surface area contributed by atoms with Gasteiger partial charge in [-0.3, -0.25) is 9.59 Å². The van der Waals surface area contributed by atoms with E-state index in [1.54, 1.807) is 11.3 Å². The van der Waals surface area contributed by atoms with E-state index in [0.29, 0.717) is 19.5 Å².